The van der Waals surface area contributed by atoms with Crippen molar-refractivity contribution in [2.45, 2.75) is 5.92 Å². The highest BCUT2D eigenvalue weighted by Crippen LogP contribution is 2.28. The molecule has 0 N–H and O–H groups in total. The number of ketones is 1. The fourth-order valence-corrected chi connectivity index (χ4v) is 2.58. The zero-order valence-corrected chi connectivity index (χ0v) is 12.5. The van der Waals surface area contributed by atoms with Crippen molar-refractivity contribution in [1.29, 1.82) is 5.26 Å². The van der Waals surface area contributed by atoms with Crippen molar-refractivity contribution in [2.24, 2.45) is 0 Å². The third-order valence-corrected chi connectivity index (χ3v) is 3.68. The molecule has 2 rings (SSSR count). The van der Waals surface area contributed by atoms with Crippen LogP contribution >= 0.6 is 27.5 Å². The predicted octanol–water partition coefficient (Wildman–Crippen LogP) is 4.73. The van der Waals surface area contributed by atoms with Crippen molar-refractivity contribution in [3.63, 3.8) is 0 Å². The summed E-state index contributed by atoms with van der Waals surface area (Å²) in [5, 5.41) is 9.65. The first kappa shape index (κ1) is 14.7. The molecule has 5 heteroatoms. The van der Waals surface area contributed by atoms with Gasteiger partial charge in [-0.1, -0.05) is 29.8 Å². The highest BCUT2D eigenvalue weighted by molar-refractivity contribution is 9.10. The van der Waals surface area contributed by atoms with Gasteiger partial charge in [-0.3, -0.25) is 4.79 Å². The molecule has 0 aliphatic heterocycles. The van der Waals surface area contributed by atoms with Crippen molar-refractivity contribution in [3.8, 4) is 6.07 Å². The number of benzene rings is 2. The van der Waals surface area contributed by atoms with E-state index in [0.29, 0.717) is 15.1 Å². The Labute approximate surface area is 128 Å². The lowest BCUT2D eigenvalue weighted by atomic mass is 9.91. The van der Waals surface area contributed by atoms with E-state index in [-0.39, 0.29) is 5.56 Å². The average molecular weight is 353 g/mol. The van der Waals surface area contributed by atoms with Crippen LogP contribution in [0.4, 0.5) is 4.39 Å². The second kappa shape index (κ2) is 6.17. The summed E-state index contributed by atoms with van der Waals surface area (Å²) >= 11 is 8.99. The molecule has 0 bridgehead atoms. The van der Waals surface area contributed by atoms with Gasteiger partial charge in [0.1, 0.15) is 11.7 Å². The number of nitrogens with zero attached hydrogens (tertiary/aromatic N) is 1. The second-order valence-corrected chi connectivity index (χ2v) is 5.37. The van der Waals surface area contributed by atoms with Gasteiger partial charge in [-0.05, 0) is 45.8 Å². The Bertz CT molecular complexity index is 691. The lowest BCUT2D eigenvalue weighted by Crippen LogP contribution is -2.13. The summed E-state index contributed by atoms with van der Waals surface area (Å²) in [6, 6.07) is 12.6. The molecule has 1 atom stereocenters. The highest BCUT2D eigenvalue weighted by atomic mass is 79.9. The van der Waals surface area contributed by atoms with Gasteiger partial charge in [0.25, 0.3) is 0 Å². The van der Waals surface area contributed by atoms with Crippen molar-refractivity contribution >= 4 is 33.3 Å². The van der Waals surface area contributed by atoms with Crippen LogP contribution in [0.2, 0.25) is 5.02 Å². The largest absolute Gasteiger partial charge is 0.292 e. The molecule has 20 heavy (non-hydrogen) atoms. The number of carbonyl (C=O) groups excluding carboxylic acids is 1. The predicted molar refractivity (Wildman–Crippen MR) is 78.2 cm³/mol. The molecule has 1 unspecified atom stereocenters. The molecule has 100 valence electrons. The zero-order valence-electron chi connectivity index (χ0n) is 10.1. The van der Waals surface area contributed by atoms with E-state index in [4.69, 9.17) is 11.6 Å². The van der Waals surface area contributed by atoms with Gasteiger partial charge >= 0.3 is 0 Å². The molecule has 2 aromatic carbocycles. The van der Waals surface area contributed by atoms with Crippen LogP contribution in [-0.2, 0) is 0 Å². The molecule has 2 aromatic rings. The molecule has 0 aliphatic rings. The van der Waals surface area contributed by atoms with E-state index in [1.807, 2.05) is 6.07 Å². The fraction of sp³-hybridized carbons (Fsp3) is 0.0667. The highest BCUT2D eigenvalue weighted by Gasteiger charge is 2.26. The lowest BCUT2D eigenvalue weighted by Gasteiger charge is -2.11. The van der Waals surface area contributed by atoms with Crippen LogP contribution in [0.15, 0.2) is 46.9 Å². The summed E-state index contributed by atoms with van der Waals surface area (Å²) < 4.78 is 14.1. The number of hydrogen-bond acceptors (Lipinski definition) is 2. The number of rotatable bonds is 3. The van der Waals surface area contributed by atoms with E-state index >= 15 is 0 Å². The Morgan fingerprint density at radius 1 is 1.30 bits per heavy atom. The molecule has 0 heterocycles. The minimum absolute atomic E-state index is 0.126. The lowest BCUT2D eigenvalue weighted by molar-refractivity contribution is 0.0974. The first-order valence-electron chi connectivity index (χ1n) is 5.68. The van der Waals surface area contributed by atoms with E-state index in [2.05, 4.69) is 15.9 Å². The van der Waals surface area contributed by atoms with E-state index in [0.717, 1.165) is 0 Å². The normalized spacial score (nSPS) is 11.7. The zero-order chi connectivity index (χ0) is 14.7. The Morgan fingerprint density at radius 3 is 2.60 bits per heavy atom. The molecule has 0 amide bonds. The van der Waals surface area contributed by atoms with Crippen LogP contribution in [0.5, 0.6) is 0 Å². The smallest absolute Gasteiger partial charge is 0.188 e. The summed E-state index contributed by atoms with van der Waals surface area (Å²) in [6.07, 6.45) is 0. The van der Waals surface area contributed by atoms with Gasteiger partial charge in [0.15, 0.2) is 5.78 Å². The minimum atomic E-state index is -1.10. The fourth-order valence-electron chi connectivity index (χ4n) is 1.85. The van der Waals surface area contributed by atoms with Gasteiger partial charge < -0.3 is 0 Å². The van der Waals surface area contributed by atoms with Gasteiger partial charge in [-0.25, -0.2) is 4.39 Å². The molecule has 0 aliphatic carbocycles. The number of hydrogen-bond donors (Lipinski definition) is 0. The van der Waals surface area contributed by atoms with E-state index in [9.17, 15) is 14.4 Å². The average Bonchev–Trinajstić information content (AvgIpc) is 2.39. The molecule has 0 radical (unpaired) electrons. The molecule has 0 fully saturated rings. The Balaban J connectivity index is 2.48. The van der Waals surface area contributed by atoms with Gasteiger partial charge in [0, 0.05) is 9.50 Å². The first-order valence-corrected chi connectivity index (χ1v) is 6.85. The molecular formula is C15H8BrClFNO. The van der Waals surface area contributed by atoms with Gasteiger partial charge in [-0.15, -0.1) is 0 Å². The van der Waals surface area contributed by atoms with Crippen molar-refractivity contribution < 1.29 is 9.18 Å². The molecule has 0 spiro atoms. The Morgan fingerprint density at radius 2 is 2.00 bits per heavy atom. The molecule has 0 saturated carbocycles. The SMILES string of the molecule is N#CC(C(=O)c1c(F)cccc1Br)c1cccc(Cl)c1. The number of nitriles is 1. The summed E-state index contributed by atoms with van der Waals surface area (Å²) in [5.74, 6) is -2.35. The summed E-state index contributed by atoms with van der Waals surface area (Å²) in [7, 11) is 0. The van der Waals surface area contributed by atoms with Crippen LogP contribution < -0.4 is 0 Å². The monoisotopic (exact) mass is 351 g/mol. The maximum atomic E-state index is 13.8. The topological polar surface area (TPSA) is 40.9 Å². The van der Waals surface area contributed by atoms with E-state index in [1.165, 1.54) is 18.2 Å². The molecular weight excluding hydrogens is 345 g/mol. The van der Waals surface area contributed by atoms with E-state index < -0.39 is 17.5 Å². The summed E-state index contributed by atoms with van der Waals surface area (Å²) in [6.45, 7) is 0. The standard InChI is InChI=1S/C15H8BrClFNO/c16-12-5-2-6-13(18)14(12)15(20)11(8-19)9-3-1-4-10(17)7-9/h1-7,11H. The Hall–Kier alpha value is -1.70. The van der Waals surface area contributed by atoms with Gasteiger partial charge in [0.2, 0.25) is 0 Å². The van der Waals surface area contributed by atoms with Crippen LogP contribution in [-0.4, -0.2) is 5.78 Å². The maximum absolute atomic E-state index is 13.8. The molecule has 0 aromatic heterocycles. The quantitative estimate of drug-likeness (QED) is 0.749. The number of carbonyl (C=O) groups is 1. The third kappa shape index (κ3) is 2.90. The van der Waals surface area contributed by atoms with Crippen LogP contribution in [0.1, 0.15) is 21.8 Å². The van der Waals surface area contributed by atoms with Gasteiger partial charge in [0.05, 0.1) is 11.6 Å². The molecule has 0 saturated heterocycles. The van der Waals surface area contributed by atoms with Crippen molar-refractivity contribution in [3.05, 3.63) is 68.9 Å². The minimum Gasteiger partial charge on any atom is -0.292 e. The van der Waals surface area contributed by atoms with Crippen LogP contribution in [0.25, 0.3) is 0 Å². The van der Waals surface area contributed by atoms with Crippen LogP contribution in [0, 0.1) is 17.1 Å². The van der Waals surface area contributed by atoms with Crippen molar-refractivity contribution in [2.75, 3.05) is 0 Å². The first-order chi connectivity index (χ1) is 9.54. The second-order valence-electron chi connectivity index (χ2n) is 4.08. The Kier molecular flexibility index (Phi) is 4.53. The maximum Gasteiger partial charge on any atom is 0.188 e. The third-order valence-electron chi connectivity index (χ3n) is 2.78. The number of halogens is 3. The number of Topliss-reactive ketones (excluding diaryl/α,β-unsaturated/α-hetero) is 1. The van der Waals surface area contributed by atoms with Crippen molar-refractivity contribution in [1.82, 2.24) is 0 Å². The summed E-state index contributed by atoms with van der Waals surface area (Å²) in [5.41, 5.74) is 0.319. The summed E-state index contributed by atoms with van der Waals surface area (Å²) in [4.78, 5) is 12.4. The van der Waals surface area contributed by atoms with Gasteiger partial charge in [-0.2, -0.15) is 5.26 Å². The van der Waals surface area contributed by atoms with E-state index in [1.54, 1.807) is 24.3 Å². The molecule has 2 nitrogen and oxygen atoms in total. The van der Waals surface area contributed by atoms with Crippen LogP contribution in [0.3, 0.4) is 0 Å².